The first-order valence-electron chi connectivity index (χ1n) is 8.62. The van der Waals surface area contributed by atoms with Crippen molar-refractivity contribution in [3.8, 4) is 0 Å². The number of hydrogen-bond donors (Lipinski definition) is 2. The van der Waals surface area contributed by atoms with Gasteiger partial charge in [-0.15, -0.1) is 35.7 Å². The van der Waals surface area contributed by atoms with E-state index in [9.17, 15) is 0 Å². The number of benzene rings is 1. The molecule has 0 bridgehead atoms. The number of ether oxygens (including phenoxy) is 1. The van der Waals surface area contributed by atoms with Gasteiger partial charge in [-0.3, -0.25) is 4.99 Å². The standard InChI is InChI=1S/C18H29N3OS2.HI/c1-3-24-18(9-12-22-13-10-18)15-21-17(19-2)20-11-14-23-16-7-5-4-6-8-16;/h4-8H,3,9-15H2,1-2H3,(H2,19,20,21);1H. The van der Waals surface area contributed by atoms with Gasteiger partial charge >= 0.3 is 0 Å². The molecule has 2 N–H and O–H groups in total. The number of aliphatic imine (C=N–C) groups is 1. The molecule has 0 radical (unpaired) electrons. The zero-order valence-electron chi connectivity index (χ0n) is 15.1. The monoisotopic (exact) mass is 495 g/mol. The summed E-state index contributed by atoms with van der Waals surface area (Å²) in [7, 11) is 1.84. The lowest BCUT2D eigenvalue weighted by atomic mass is 9.99. The largest absolute Gasteiger partial charge is 0.381 e. The summed E-state index contributed by atoms with van der Waals surface area (Å²) in [6, 6.07) is 10.5. The van der Waals surface area contributed by atoms with Crippen LogP contribution in [0.25, 0.3) is 0 Å². The molecule has 142 valence electrons. The van der Waals surface area contributed by atoms with E-state index < -0.39 is 0 Å². The number of guanidine groups is 1. The molecule has 0 saturated carbocycles. The van der Waals surface area contributed by atoms with Crippen molar-refractivity contribution >= 4 is 53.5 Å². The second-order valence-corrected chi connectivity index (χ2v) is 8.64. The van der Waals surface area contributed by atoms with Crippen LogP contribution in [0.4, 0.5) is 0 Å². The predicted octanol–water partition coefficient (Wildman–Crippen LogP) is 3.86. The van der Waals surface area contributed by atoms with Crippen LogP contribution in [0.1, 0.15) is 19.8 Å². The van der Waals surface area contributed by atoms with Gasteiger partial charge in [0.15, 0.2) is 5.96 Å². The highest BCUT2D eigenvalue weighted by molar-refractivity contribution is 14.0. The van der Waals surface area contributed by atoms with Gasteiger partial charge in [0.25, 0.3) is 0 Å². The minimum Gasteiger partial charge on any atom is -0.381 e. The first kappa shape index (κ1) is 22.9. The van der Waals surface area contributed by atoms with Crippen molar-refractivity contribution < 1.29 is 4.74 Å². The molecule has 0 amide bonds. The van der Waals surface area contributed by atoms with E-state index in [0.717, 1.165) is 56.6 Å². The van der Waals surface area contributed by atoms with E-state index >= 15 is 0 Å². The second kappa shape index (κ2) is 13.1. The Morgan fingerprint density at radius 3 is 2.56 bits per heavy atom. The molecule has 0 aliphatic carbocycles. The molecule has 2 rings (SSSR count). The molecule has 0 spiro atoms. The normalized spacial score (nSPS) is 16.8. The van der Waals surface area contributed by atoms with E-state index in [4.69, 9.17) is 4.74 Å². The summed E-state index contributed by atoms with van der Waals surface area (Å²) < 4.78 is 5.82. The minimum atomic E-state index is 0. The molecule has 1 aliphatic heterocycles. The Bertz CT molecular complexity index is 491. The lowest BCUT2D eigenvalue weighted by Crippen LogP contribution is -2.48. The van der Waals surface area contributed by atoms with Crippen LogP contribution < -0.4 is 10.6 Å². The molecule has 4 nitrogen and oxygen atoms in total. The highest BCUT2D eigenvalue weighted by Gasteiger charge is 2.32. The molecular weight excluding hydrogens is 465 g/mol. The molecule has 1 aromatic carbocycles. The van der Waals surface area contributed by atoms with Gasteiger partial charge in [-0.25, -0.2) is 0 Å². The second-order valence-electron chi connectivity index (χ2n) is 5.74. The number of rotatable bonds is 8. The summed E-state index contributed by atoms with van der Waals surface area (Å²) >= 11 is 3.91. The molecule has 1 heterocycles. The summed E-state index contributed by atoms with van der Waals surface area (Å²) in [4.78, 5) is 5.66. The number of thioether (sulfide) groups is 2. The number of nitrogens with one attached hydrogen (secondary N) is 2. The van der Waals surface area contributed by atoms with Gasteiger partial charge in [-0.1, -0.05) is 25.1 Å². The fraction of sp³-hybridized carbons (Fsp3) is 0.611. The summed E-state index contributed by atoms with van der Waals surface area (Å²) in [5.74, 6) is 3.06. The fourth-order valence-corrected chi connectivity index (χ4v) is 4.77. The molecule has 0 unspecified atom stereocenters. The van der Waals surface area contributed by atoms with Gasteiger partial charge < -0.3 is 15.4 Å². The lowest BCUT2D eigenvalue weighted by molar-refractivity contribution is 0.0782. The van der Waals surface area contributed by atoms with Gasteiger partial charge in [0.05, 0.1) is 0 Å². The molecule has 0 atom stereocenters. The molecule has 7 heteroatoms. The zero-order chi connectivity index (χ0) is 17.1. The molecule has 1 saturated heterocycles. The average Bonchev–Trinajstić information content (AvgIpc) is 2.63. The van der Waals surface area contributed by atoms with E-state index in [2.05, 4.69) is 52.9 Å². The smallest absolute Gasteiger partial charge is 0.191 e. The van der Waals surface area contributed by atoms with E-state index in [1.807, 2.05) is 30.6 Å². The van der Waals surface area contributed by atoms with Crippen molar-refractivity contribution in [3.63, 3.8) is 0 Å². The Hall–Kier alpha value is -0.120. The van der Waals surface area contributed by atoms with Gasteiger partial charge in [0, 0.05) is 48.7 Å². The molecule has 1 fully saturated rings. The van der Waals surface area contributed by atoms with Crippen LogP contribution in [0.5, 0.6) is 0 Å². The van der Waals surface area contributed by atoms with Gasteiger partial charge in [0.1, 0.15) is 0 Å². The maximum atomic E-state index is 5.54. The van der Waals surface area contributed by atoms with Crippen LogP contribution in [-0.2, 0) is 4.74 Å². The van der Waals surface area contributed by atoms with Crippen LogP contribution in [0, 0.1) is 0 Å². The van der Waals surface area contributed by atoms with Gasteiger partial charge in [-0.05, 0) is 30.7 Å². The Kier molecular flexibility index (Phi) is 12.0. The van der Waals surface area contributed by atoms with Gasteiger partial charge in [0.2, 0.25) is 0 Å². The molecule has 1 aliphatic rings. The van der Waals surface area contributed by atoms with Crippen LogP contribution >= 0.6 is 47.5 Å². The van der Waals surface area contributed by atoms with E-state index in [0.29, 0.717) is 0 Å². The highest BCUT2D eigenvalue weighted by atomic mass is 127. The summed E-state index contributed by atoms with van der Waals surface area (Å²) in [5.41, 5.74) is 0. The predicted molar refractivity (Wildman–Crippen MR) is 123 cm³/mol. The molecular formula is C18H30IN3OS2. The van der Waals surface area contributed by atoms with E-state index in [1.165, 1.54) is 4.90 Å². The van der Waals surface area contributed by atoms with Crippen LogP contribution in [0.3, 0.4) is 0 Å². The zero-order valence-corrected chi connectivity index (χ0v) is 19.1. The first-order valence-corrected chi connectivity index (χ1v) is 10.6. The maximum Gasteiger partial charge on any atom is 0.191 e. The van der Waals surface area contributed by atoms with Gasteiger partial charge in [-0.2, -0.15) is 11.8 Å². The van der Waals surface area contributed by atoms with Crippen LogP contribution in [0.15, 0.2) is 40.2 Å². The van der Waals surface area contributed by atoms with Crippen LogP contribution in [-0.4, -0.2) is 55.6 Å². The van der Waals surface area contributed by atoms with Crippen LogP contribution in [0.2, 0.25) is 0 Å². The topological polar surface area (TPSA) is 45.7 Å². The Morgan fingerprint density at radius 1 is 1.20 bits per heavy atom. The minimum absolute atomic E-state index is 0. The van der Waals surface area contributed by atoms with E-state index in [1.54, 1.807) is 0 Å². The first-order chi connectivity index (χ1) is 11.8. The maximum absolute atomic E-state index is 5.54. The SMILES string of the molecule is CCSC1(CNC(=NC)NCCSc2ccccc2)CCOCC1.I. The highest BCUT2D eigenvalue weighted by Crippen LogP contribution is 2.34. The Labute approximate surface area is 177 Å². The Balaban J connectivity index is 0.00000312. The number of halogens is 1. The average molecular weight is 495 g/mol. The van der Waals surface area contributed by atoms with Crippen molar-refractivity contribution in [2.24, 2.45) is 4.99 Å². The lowest BCUT2D eigenvalue weighted by Gasteiger charge is -2.37. The molecule has 25 heavy (non-hydrogen) atoms. The summed E-state index contributed by atoms with van der Waals surface area (Å²) in [6.07, 6.45) is 2.22. The summed E-state index contributed by atoms with van der Waals surface area (Å²) in [5, 5.41) is 6.93. The third-order valence-corrected chi connectivity index (χ3v) is 6.53. The van der Waals surface area contributed by atoms with Crippen molar-refractivity contribution in [1.29, 1.82) is 0 Å². The number of nitrogens with zero attached hydrogens (tertiary/aromatic N) is 1. The van der Waals surface area contributed by atoms with E-state index in [-0.39, 0.29) is 28.7 Å². The van der Waals surface area contributed by atoms with Crippen molar-refractivity contribution in [3.05, 3.63) is 30.3 Å². The van der Waals surface area contributed by atoms with Crippen molar-refractivity contribution in [2.75, 3.05) is 44.9 Å². The van der Waals surface area contributed by atoms with Crippen molar-refractivity contribution in [2.45, 2.75) is 29.4 Å². The number of hydrogen-bond acceptors (Lipinski definition) is 4. The quantitative estimate of drug-likeness (QED) is 0.189. The third-order valence-electron chi connectivity index (χ3n) is 4.06. The Morgan fingerprint density at radius 2 is 1.92 bits per heavy atom. The molecule has 1 aromatic rings. The third kappa shape index (κ3) is 8.41. The molecule has 0 aromatic heterocycles. The van der Waals surface area contributed by atoms with Crippen molar-refractivity contribution in [1.82, 2.24) is 10.6 Å². The fourth-order valence-electron chi connectivity index (χ4n) is 2.74. The summed E-state index contributed by atoms with van der Waals surface area (Å²) in [6.45, 7) is 5.81.